The molecule has 1 aromatic rings. The minimum absolute atomic E-state index is 0.110. The molecule has 1 saturated heterocycles. The Kier molecular flexibility index (Phi) is 5.68. The third-order valence-corrected chi connectivity index (χ3v) is 3.68. The van der Waals surface area contributed by atoms with Gasteiger partial charge in [-0.2, -0.15) is 4.98 Å². The molecule has 0 amide bonds. The maximum Gasteiger partial charge on any atom is 0.350 e. The summed E-state index contributed by atoms with van der Waals surface area (Å²) in [5.74, 6) is -1.29. The molecule has 0 aromatic carbocycles. The van der Waals surface area contributed by atoms with E-state index in [1.165, 1.54) is 11.5 Å². The van der Waals surface area contributed by atoms with Crippen molar-refractivity contribution in [2.75, 3.05) is 13.2 Å². The van der Waals surface area contributed by atoms with Crippen LogP contribution in [0.5, 0.6) is 0 Å². The number of esters is 2. The second kappa shape index (κ2) is 7.54. The van der Waals surface area contributed by atoms with Gasteiger partial charge >= 0.3 is 17.6 Å². The molecule has 1 unspecified atom stereocenters. The van der Waals surface area contributed by atoms with Gasteiger partial charge in [0, 0.05) is 25.2 Å². The summed E-state index contributed by atoms with van der Waals surface area (Å²) >= 11 is 0. The lowest BCUT2D eigenvalue weighted by Gasteiger charge is -2.21. The number of aliphatic hydroxyl groups is 1. The topological polar surface area (TPSA) is 117 Å². The van der Waals surface area contributed by atoms with Crippen LogP contribution in [0.25, 0.3) is 0 Å². The van der Waals surface area contributed by atoms with E-state index in [2.05, 4.69) is 4.98 Å². The maximum atomic E-state index is 12.1. The molecule has 2 heterocycles. The zero-order valence-electron chi connectivity index (χ0n) is 13.7. The second-order valence-corrected chi connectivity index (χ2v) is 5.57. The summed E-state index contributed by atoms with van der Waals surface area (Å²) in [6.45, 7) is 3.94. The summed E-state index contributed by atoms with van der Waals surface area (Å²) in [6, 6.07) is 0. The minimum atomic E-state index is -0.856. The number of nitrogens with zero attached hydrogens (tertiary/aromatic N) is 2. The van der Waals surface area contributed by atoms with Crippen molar-refractivity contribution in [3.8, 4) is 0 Å². The van der Waals surface area contributed by atoms with Gasteiger partial charge in [0.25, 0.3) is 0 Å². The van der Waals surface area contributed by atoms with E-state index >= 15 is 0 Å². The fourth-order valence-electron chi connectivity index (χ4n) is 2.45. The standard InChI is InChI=1S/C15H20N2O7/c1-8-5-17(15(21)16-9(8)2)14-12(23-10(3)19)4-11(24-14)7-22-13(20)6-18/h5,11-12,14,18H,4,6-7H2,1-3H3/t11-,12?,14+/m0/s1. The predicted molar refractivity (Wildman–Crippen MR) is 80.1 cm³/mol. The van der Waals surface area contributed by atoms with Crippen molar-refractivity contribution in [2.45, 2.75) is 45.6 Å². The number of rotatable bonds is 5. The van der Waals surface area contributed by atoms with E-state index in [1.807, 2.05) is 0 Å². The zero-order valence-corrected chi connectivity index (χ0v) is 13.7. The summed E-state index contributed by atoms with van der Waals surface area (Å²) in [6.07, 6.45) is -0.285. The molecule has 9 nitrogen and oxygen atoms in total. The van der Waals surface area contributed by atoms with Crippen molar-refractivity contribution in [2.24, 2.45) is 0 Å². The molecule has 1 fully saturated rings. The van der Waals surface area contributed by atoms with Crippen LogP contribution in [0, 0.1) is 13.8 Å². The lowest BCUT2D eigenvalue weighted by molar-refractivity contribution is -0.154. The van der Waals surface area contributed by atoms with Crippen LogP contribution in [0.2, 0.25) is 0 Å². The third-order valence-electron chi connectivity index (χ3n) is 3.68. The maximum absolute atomic E-state index is 12.1. The van der Waals surface area contributed by atoms with Crippen LogP contribution in [0.15, 0.2) is 11.0 Å². The van der Waals surface area contributed by atoms with E-state index in [9.17, 15) is 14.4 Å². The number of aryl methyl sites for hydroxylation is 2. The van der Waals surface area contributed by atoms with Crippen LogP contribution in [-0.4, -0.2) is 52.0 Å². The van der Waals surface area contributed by atoms with E-state index in [0.29, 0.717) is 5.69 Å². The van der Waals surface area contributed by atoms with Crippen molar-refractivity contribution in [1.29, 1.82) is 0 Å². The lowest BCUT2D eigenvalue weighted by Crippen LogP contribution is -2.34. The zero-order chi connectivity index (χ0) is 17.9. The summed E-state index contributed by atoms with van der Waals surface area (Å²) in [7, 11) is 0. The fraction of sp³-hybridized carbons (Fsp3) is 0.600. The van der Waals surface area contributed by atoms with Gasteiger partial charge in [-0.25, -0.2) is 9.59 Å². The largest absolute Gasteiger partial charge is 0.461 e. The Hall–Kier alpha value is -2.26. The van der Waals surface area contributed by atoms with E-state index in [1.54, 1.807) is 20.0 Å². The highest BCUT2D eigenvalue weighted by Crippen LogP contribution is 2.31. The van der Waals surface area contributed by atoms with Crippen LogP contribution >= 0.6 is 0 Å². The van der Waals surface area contributed by atoms with Crippen molar-refractivity contribution < 1.29 is 28.9 Å². The monoisotopic (exact) mass is 340 g/mol. The molecule has 0 radical (unpaired) electrons. The molecule has 1 N–H and O–H groups in total. The Morgan fingerprint density at radius 2 is 2.17 bits per heavy atom. The third kappa shape index (κ3) is 4.18. The van der Waals surface area contributed by atoms with Gasteiger partial charge in [-0.15, -0.1) is 0 Å². The molecule has 1 aromatic heterocycles. The van der Waals surface area contributed by atoms with Gasteiger partial charge < -0.3 is 19.3 Å². The Morgan fingerprint density at radius 3 is 2.79 bits per heavy atom. The van der Waals surface area contributed by atoms with Crippen LogP contribution < -0.4 is 5.69 Å². The van der Waals surface area contributed by atoms with Gasteiger partial charge in [0.05, 0.1) is 6.10 Å². The highest BCUT2D eigenvalue weighted by Gasteiger charge is 2.40. The van der Waals surface area contributed by atoms with Crippen LogP contribution in [0.4, 0.5) is 0 Å². The smallest absolute Gasteiger partial charge is 0.350 e. The number of hydrogen-bond acceptors (Lipinski definition) is 8. The van der Waals surface area contributed by atoms with E-state index in [0.717, 1.165) is 5.56 Å². The summed E-state index contributed by atoms with van der Waals surface area (Å²) in [5, 5.41) is 8.66. The number of ether oxygens (including phenoxy) is 3. The number of carbonyl (C=O) groups excluding carboxylic acids is 2. The molecule has 9 heteroatoms. The summed E-state index contributed by atoms with van der Waals surface area (Å²) < 4.78 is 17.0. The summed E-state index contributed by atoms with van der Waals surface area (Å²) in [4.78, 5) is 38.4. The van der Waals surface area contributed by atoms with Gasteiger partial charge in [0.15, 0.2) is 6.23 Å². The molecular weight excluding hydrogens is 320 g/mol. The first-order chi connectivity index (χ1) is 11.3. The van der Waals surface area contributed by atoms with Gasteiger partial charge in [-0.05, 0) is 19.4 Å². The van der Waals surface area contributed by atoms with Crippen LogP contribution in [0.3, 0.4) is 0 Å². The van der Waals surface area contributed by atoms with E-state index in [4.69, 9.17) is 19.3 Å². The van der Waals surface area contributed by atoms with E-state index in [-0.39, 0.29) is 13.0 Å². The molecule has 1 aliphatic rings. The molecule has 24 heavy (non-hydrogen) atoms. The highest BCUT2D eigenvalue weighted by molar-refractivity contribution is 5.70. The molecule has 1 aliphatic heterocycles. The second-order valence-electron chi connectivity index (χ2n) is 5.57. The van der Waals surface area contributed by atoms with Gasteiger partial charge in [-0.1, -0.05) is 0 Å². The van der Waals surface area contributed by atoms with Crippen molar-refractivity contribution in [1.82, 2.24) is 9.55 Å². The molecule has 2 rings (SSSR count). The molecule has 3 atom stereocenters. The first kappa shape index (κ1) is 18.1. The van der Waals surface area contributed by atoms with Gasteiger partial charge in [-0.3, -0.25) is 9.36 Å². The predicted octanol–water partition coefficient (Wildman–Crippen LogP) is -0.385. The molecule has 0 bridgehead atoms. The Morgan fingerprint density at radius 1 is 1.46 bits per heavy atom. The molecule has 132 valence electrons. The molecule has 0 aliphatic carbocycles. The summed E-state index contributed by atoms with van der Waals surface area (Å²) in [5.41, 5.74) is 0.870. The number of aromatic nitrogens is 2. The Balaban J connectivity index is 2.22. The average Bonchev–Trinajstić information content (AvgIpc) is 2.90. The van der Waals surface area contributed by atoms with Crippen molar-refractivity contribution in [3.05, 3.63) is 27.9 Å². The minimum Gasteiger partial charge on any atom is -0.461 e. The number of hydrogen-bond donors (Lipinski definition) is 1. The van der Waals surface area contributed by atoms with Gasteiger partial charge in [0.2, 0.25) is 0 Å². The Labute approximate surface area is 138 Å². The van der Waals surface area contributed by atoms with Crippen LogP contribution in [0.1, 0.15) is 30.8 Å². The fourth-order valence-corrected chi connectivity index (χ4v) is 2.45. The molecular formula is C15H20N2O7. The highest BCUT2D eigenvalue weighted by atomic mass is 16.6. The molecule has 0 saturated carbocycles. The first-order valence-corrected chi connectivity index (χ1v) is 7.47. The number of aliphatic hydroxyl groups excluding tert-OH is 1. The Bertz CT molecular complexity index is 685. The van der Waals surface area contributed by atoms with Crippen LogP contribution in [-0.2, 0) is 23.8 Å². The molecule has 0 spiro atoms. The number of carbonyl (C=O) groups is 2. The SMILES string of the molecule is CC(=O)OC1C[C@@H](COC(=O)CO)O[C@H]1n1cc(C)c(C)nc1=O. The van der Waals surface area contributed by atoms with Gasteiger partial charge in [0.1, 0.15) is 19.3 Å². The van der Waals surface area contributed by atoms with Crippen molar-refractivity contribution in [3.63, 3.8) is 0 Å². The van der Waals surface area contributed by atoms with E-state index < -0.39 is 42.7 Å². The average molecular weight is 340 g/mol. The normalized spacial score (nSPS) is 23.1. The quantitative estimate of drug-likeness (QED) is 0.721. The lowest BCUT2D eigenvalue weighted by atomic mass is 10.2. The van der Waals surface area contributed by atoms with Crippen molar-refractivity contribution >= 4 is 11.9 Å². The first-order valence-electron chi connectivity index (χ1n) is 7.47.